The Bertz CT molecular complexity index is 354. The van der Waals surface area contributed by atoms with Gasteiger partial charge >= 0.3 is 0 Å². The minimum absolute atomic E-state index is 0.142. The van der Waals surface area contributed by atoms with E-state index in [4.69, 9.17) is 4.74 Å². The normalized spacial score (nSPS) is 42.9. The quantitative estimate of drug-likeness (QED) is 0.763. The van der Waals surface area contributed by atoms with Crippen LogP contribution in [0.5, 0.6) is 0 Å². The lowest BCUT2D eigenvalue weighted by Crippen LogP contribution is -2.45. The van der Waals surface area contributed by atoms with Gasteiger partial charge in [-0.15, -0.1) is 0 Å². The fourth-order valence-electron chi connectivity index (χ4n) is 3.48. The summed E-state index contributed by atoms with van der Waals surface area (Å²) in [5.41, 5.74) is -1.03. The molecule has 0 aromatic rings. The van der Waals surface area contributed by atoms with Crippen LogP contribution in [0.2, 0.25) is 0 Å². The molecule has 2 bridgehead atoms. The summed E-state index contributed by atoms with van der Waals surface area (Å²) in [7, 11) is 0. The fourth-order valence-corrected chi connectivity index (χ4v) is 3.48. The van der Waals surface area contributed by atoms with E-state index in [0.29, 0.717) is 12.0 Å². The molecule has 17 heavy (non-hydrogen) atoms. The molecule has 2 aliphatic heterocycles. The van der Waals surface area contributed by atoms with Crippen molar-refractivity contribution in [2.45, 2.75) is 57.8 Å². The van der Waals surface area contributed by atoms with Crippen molar-refractivity contribution in [3.8, 4) is 0 Å². The van der Waals surface area contributed by atoms with Crippen molar-refractivity contribution in [2.75, 3.05) is 0 Å². The Kier molecular flexibility index (Phi) is 2.79. The molecular formula is C15H24O2. The van der Waals surface area contributed by atoms with Crippen molar-refractivity contribution in [2.24, 2.45) is 11.3 Å². The molecule has 0 spiro atoms. The predicted molar refractivity (Wildman–Crippen MR) is 69.7 cm³/mol. The molecule has 0 aromatic carbocycles. The molecule has 2 nitrogen and oxygen atoms in total. The maximum absolute atomic E-state index is 10.0. The van der Waals surface area contributed by atoms with Crippen molar-refractivity contribution in [3.63, 3.8) is 0 Å². The van der Waals surface area contributed by atoms with Crippen LogP contribution in [-0.2, 0) is 4.74 Å². The van der Waals surface area contributed by atoms with E-state index in [-0.39, 0.29) is 11.0 Å². The van der Waals surface area contributed by atoms with E-state index in [2.05, 4.69) is 33.4 Å². The van der Waals surface area contributed by atoms with Crippen LogP contribution >= 0.6 is 0 Å². The summed E-state index contributed by atoms with van der Waals surface area (Å²) in [6.45, 7) is 12.2. The molecule has 4 atom stereocenters. The molecule has 2 saturated heterocycles. The van der Waals surface area contributed by atoms with Crippen molar-refractivity contribution in [1.82, 2.24) is 0 Å². The van der Waals surface area contributed by atoms with Gasteiger partial charge in [-0.1, -0.05) is 45.6 Å². The van der Waals surface area contributed by atoms with Crippen LogP contribution in [0.1, 0.15) is 40.5 Å². The van der Waals surface area contributed by atoms with Gasteiger partial charge in [-0.25, -0.2) is 0 Å². The van der Waals surface area contributed by atoms with Gasteiger partial charge in [0.1, 0.15) is 0 Å². The molecule has 0 radical (unpaired) electrons. The molecular weight excluding hydrogens is 212 g/mol. The molecule has 2 heterocycles. The number of hydrogen-bond donors (Lipinski definition) is 1. The van der Waals surface area contributed by atoms with Crippen molar-refractivity contribution in [3.05, 3.63) is 24.8 Å². The Morgan fingerprint density at radius 3 is 2.59 bits per heavy atom. The van der Waals surface area contributed by atoms with E-state index in [0.717, 1.165) is 12.8 Å². The van der Waals surface area contributed by atoms with E-state index in [1.807, 2.05) is 6.08 Å². The summed E-state index contributed by atoms with van der Waals surface area (Å²) in [5.74, 6) is 0.508. The highest BCUT2D eigenvalue weighted by Crippen LogP contribution is 2.58. The second-order valence-electron chi connectivity index (χ2n) is 6.52. The molecule has 0 aliphatic carbocycles. The van der Waals surface area contributed by atoms with E-state index in [9.17, 15) is 5.11 Å². The van der Waals surface area contributed by atoms with Crippen LogP contribution in [0.15, 0.2) is 24.8 Å². The molecule has 3 unspecified atom stereocenters. The second kappa shape index (κ2) is 3.69. The first kappa shape index (κ1) is 12.8. The van der Waals surface area contributed by atoms with Gasteiger partial charge in [0.25, 0.3) is 0 Å². The molecule has 2 rings (SSSR count). The summed E-state index contributed by atoms with van der Waals surface area (Å²) < 4.78 is 6.20. The lowest BCUT2D eigenvalue weighted by molar-refractivity contribution is -0.0183. The Morgan fingerprint density at radius 1 is 1.47 bits per heavy atom. The Hall–Kier alpha value is -0.600. The second-order valence-corrected chi connectivity index (χ2v) is 6.52. The smallest absolute Gasteiger partial charge is 0.0978 e. The van der Waals surface area contributed by atoms with Gasteiger partial charge < -0.3 is 9.84 Å². The lowest BCUT2D eigenvalue weighted by Gasteiger charge is -2.41. The van der Waals surface area contributed by atoms with Crippen molar-refractivity contribution < 1.29 is 9.84 Å². The van der Waals surface area contributed by atoms with Gasteiger partial charge in [0.05, 0.1) is 17.3 Å². The fraction of sp³-hybridized carbons (Fsp3) is 0.733. The molecule has 0 amide bonds. The third kappa shape index (κ3) is 1.88. The maximum atomic E-state index is 10.0. The van der Waals surface area contributed by atoms with E-state index >= 15 is 0 Å². The zero-order valence-electron chi connectivity index (χ0n) is 11.4. The van der Waals surface area contributed by atoms with Crippen LogP contribution in [-0.4, -0.2) is 22.4 Å². The summed E-state index contributed by atoms with van der Waals surface area (Å²) >= 11 is 0. The lowest BCUT2D eigenvalue weighted by atomic mass is 9.63. The Morgan fingerprint density at radius 2 is 2.12 bits per heavy atom. The molecule has 1 N–H and O–H groups in total. The SMILES string of the molecule is C=CC(C)(O)C=CC12OC(C[C@H]1C)CC2(C)C. The van der Waals surface area contributed by atoms with Crippen LogP contribution in [0, 0.1) is 11.3 Å². The highest BCUT2D eigenvalue weighted by Gasteiger charge is 2.60. The van der Waals surface area contributed by atoms with Crippen LogP contribution in [0.3, 0.4) is 0 Å². The Labute approximate surface area is 104 Å². The van der Waals surface area contributed by atoms with Gasteiger partial charge in [0.15, 0.2) is 0 Å². The summed E-state index contributed by atoms with van der Waals surface area (Å²) in [6, 6.07) is 0. The van der Waals surface area contributed by atoms with Gasteiger partial charge in [-0.3, -0.25) is 0 Å². The van der Waals surface area contributed by atoms with Crippen molar-refractivity contribution >= 4 is 0 Å². The standard InChI is InChI=1S/C15H24O2/c1-6-14(5,16)7-8-15-11(2)9-12(17-15)10-13(15,3)4/h6-8,11-12,16H,1,9-10H2,2-5H3/t11-,12?,14?,15?/m1/s1. The largest absolute Gasteiger partial charge is 0.382 e. The van der Waals surface area contributed by atoms with Crippen molar-refractivity contribution in [1.29, 1.82) is 0 Å². The third-order valence-electron chi connectivity index (χ3n) is 4.59. The number of hydrogen-bond acceptors (Lipinski definition) is 2. The highest BCUT2D eigenvalue weighted by molar-refractivity contribution is 5.23. The van der Waals surface area contributed by atoms with Gasteiger partial charge in [0, 0.05) is 5.41 Å². The average Bonchev–Trinajstić information content (AvgIpc) is 2.64. The molecule has 0 saturated carbocycles. The van der Waals surface area contributed by atoms with Crippen LogP contribution < -0.4 is 0 Å². The zero-order chi connectivity index (χ0) is 12.9. The minimum atomic E-state index is -0.950. The minimum Gasteiger partial charge on any atom is -0.382 e. The topological polar surface area (TPSA) is 29.5 Å². The molecule has 2 heteroatoms. The Balaban J connectivity index is 2.31. The summed E-state index contributed by atoms with van der Waals surface area (Å²) in [6.07, 6.45) is 8.08. The van der Waals surface area contributed by atoms with Crippen LogP contribution in [0.4, 0.5) is 0 Å². The van der Waals surface area contributed by atoms with Crippen LogP contribution in [0.25, 0.3) is 0 Å². The summed E-state index contributed by atoms with van der Waals surface area (Å²) in [5, 5.41) is 10.0. The monoisotopic (exact) mass is 236 g/mol. The van der Waals surface area contributed by atoms with Gasteiger partial charge in [-0.05, 0) is 25.7 Å². The number of rotatable bonds is 3. The molecule has 0 aromatic heterocycles. The molecule has 2 fully saturated rings. The average molecular weight is 236 g/mol. The first-order chi connectivity index (χ1) is 7.72. The number of fused-ring (bicyclic) bond motifs is 2. The van der Waals surface area contributed by atoms with Gasteiger partial charge in [-0.2, -0.15) is 0 Å². The number of ether oxygens (including phenoxy) is 1. The highest BCUT2D eigenvalue weighted by atomic mass is 16.5. The maximum Gasteiger partial charge on any atom is 0.0978 e. The van der Waals surface area contributed by atoms with E-state index in [1.165, 1.54) is 0 Å². The van der Waals surface area contributed by atoms with Gasteiger partial charge in [0.2, 0.25) is 0 Å². The third-order valence-corrected chi connectivity index (χ3v) is 4.59. The van der Waals surface area contributed by atoms with E-state index in [1.54, 1.807) is 13.0 Å². The molecule has 96 valence electrons. The predicted octanol–water partition coefficient (Wildman–Crippen LogP) is 3.07. The molecule has 2 aliphatic rings. The first-order valence-corrected chi connectivity index (χ1v) is 6.47. The number of aliphatic hydroxyl groups is 1. The zero-order valence-corrected chi connectivity index (χ0v) is 11.4. The van der Waals surface area contributed by atoms with E-state index < -0.39 is 5.60 Å². The summed E-state index contributed by atoms with van der Waals surface area (Å²) in [4.78, 5) is 0. The first-order valence-electron chi connectivity index (χ1n) is 6.47.